The van der Waals surface area contributed by atoms with Gasteiger partial charge in [-0.05, 0) is 30.7 Å². The van der Waals surface area contributed by atoms with Crippen LogP contribution < -0.4 is 0 Å². The van der Waals surface area contributed by atoms with E-state index in [0.717, 1.165) is 24.3 Å². The topological polar surface area (TPSA) is 17.1 Å². The largest absolute Gasteiger partial charge is 0.294 e. The molecule has 0 bridgehead atoms. The fraction of sp³-hybridized carbons (Fsp3) is 0.133. The molecule has 22 heavy (non-hydrogen) atoms. The summed E-state index contributed by atoms with van der Waals surface area (Å²) in [7, 11) is 0. The summed E-state index contributed by atoms with van der Waals surface area (Å²) in [5.74, 6) is -11.4. The second-order valence-electron chi connectivity index (χ2n) is 4.48. The van der Waals surface area contributed by atoms with Crippen molar-refractivity contribution in [2.45, 2.75) is 12.8 Å². The minimum Gasteiger partial charge on any atom is -0.294 e. The second kappa shape index (κ2) is 6.21. The molecule has 0 heterocycles. The molecule has 116 valence electrons. The van der Waals surface area contributed by atoms with Crippen molar-refractivity contribution >= 4 is 5.78 Å². The Bertz CT molecular complexity index is 695. The molecule has 0 saturated carbocycles. The lowest BCUT2D eigenvalue weighted by Gasteiger charge is -2.08. The minimum atomic E-state index is -2.25. The molecule has 0 atom stereocenters. The van der Waals surface area contributed by atoms with E-state index in [1.165, 1.54) is 0 Å². The van der Waals surface area contributed by atoms with Gasteiger partial charge in [-0.15, -0.1) is 0 Å². The van der Waals surface area contributed by atoms with E-state index in [-0.39, 0.29) is 5.56 Å². The molecule has 0 amide bonds. The summed E-state index contributed by atoms with van der Waals surface area (Å²) in [4.78, 5) is 11.8. The Balaban J connectivity index is 2.22. The van der Waals surface area contributed by atoms with E-state index >= 15 is 0 Å². The van der Waals surface area contributed by atoms with E-state index in [4.69, 9.17) is 0 Å². The van der Waals surface area contributed by atoms with E-state index in [0.29, 0.717) is 0 Å². The Morgan fingerprint density at radius 2 is 1.18 bits per heavy atom. The van der Waals surface area contributed by atoms with Crippen LogP contribution in [0.5, 0.6) is 0 Å². The van der Waals surface area contributed by atoms with Crippen LogP contribution in [0.15, 0.2) is 24.3 Å². The van der Waals surface area contributed by atoms with Crippen LogP contribution in [0.2, 0.25) is 0 Å². The van der Waals surface area contributed by atoms with Crippen molar-refractivity contribution in [3.8, 4) is 0 Å². The van der Waals surface area contributed by atoms with Gasteiger partial charge in [-0.25, -0.2) is 26.3 Å². The Morgan fingerprint density at radius 3 is 1.68 bits per heavy atom. The maximum atomic E-state index is 13.4. The van der Waals surface area contributed by atoms with Crippen LogP contribution in [0.4, 0.5) is 26.3 Å². The van der Waals surface area contributed by atoms with Crippen LogP contribution in [-0.4, -0.2) is 5.78 Å². The fourth-order valence-corrected chi connectivity index (χ4v) is 1.89. The van der Waals surface area contributed by atoms with Gasteiger partial charge in [0.25, 0.3) is 0 Å². The Morgan fingerprint density at radius 1 is 0.727 bits per heavy atom. The predicted molar refractivity (Wildman–Crippen MR) is 65.3 cm³/mol. The zero-order chi connectivity index (χ0) is 16.4. The van der Waals surface area contributed by atoms with Gasteiger partial charge in [0.1, 0.15) is 5.82 Å². The lowest BCUT2D eigenvalue weighted by Crippen LogP contribution is -2.09. The SMILES string of the molecule is O=C(CCc1c(F)c(F)c(F)c(F)c1F)c1ccc(F)cc1. The molecule has 0 aliphatic carbocycles. The Kier molecular flexibility index (Phi) is 4.54. The van der Waals surface area contributed by atoms with Gasteiger partial charge in [0, 0.05) is 17.5 Å². The van der Waals surface area contributed by atoms with Crippen LogP contribution >= 0.6 is 0 Å². The van der Waals surface area contributed by atoms with E-state index in [1.54, 1.807) is 0 Å². The molecule has 2 aromatic rings. The highest BCUT2D eigenvalue weighted by Crippen LogP contribution is 2.24. The quantitative estimate of drug-likeness (QED) is 0.355. The van der Waals surface area contributed by atoms with Gasteiger partial charge in [-0.3, -0.25) is 4.79 Å². The minimum absolute atomic E-state index is 0.0743. The molecule has 0 unspecified atom stereocenters. The highest BCUT2D eigenvalue weighted by Gasteiger charge is 2.25. The number of rotatable bonds is 4. The standard InChI is InChI=1S/C15H8F6O/c16-8-3-1-7(2-4-8)10(22)6-5-9-11(17)13(19)15(21)14(20)12(9)18/h1-4H,5-6H2. The molecular weight excluding hydrogens is 310 g/mol. The molecule has 2 rings (SSSR count). The maximum Gasteiger partial charge on any atom is 0.200 e. The molecule has 0 aliphatic heterocycles. The van der Waals surface area contributed by atoms with Gasteiger partial charge in [0.05, 0.1) is 0 Å². The molecule has 0 aliphatic rings. The summed E-state index contributed by atoms with van der Waals surface area (Å²) < 4.78 is 78.4. The molecule has 0 saturated heterocycles. The third kappa shape index (κ3) is 2.98. The van der Waals surface area contributed by atoms with Gasteiger partial charge in [-0.2, -0.15) is 0 Å². The average molecular weight is 318 g/mol. The molecule has 0 aromatic heterocycles. The number of ketones is 1. The third-order valence-corrected chi connectivity index (χ3v) is 3.07. The summed E-state index contributed by atoms with van der Waals surface area (Å²) in [5.41, 5.74) is -0.975. The van der Waals surface area contributed by atoms with Gasteiger partial charge in [-0.1, -0.05) is 0 Å². The van der Waals surface area contributed by atoms with Crippen LogP contribution in [0, 0.1) is 34.9 Å². The van der Waals surface area contributed by atoms with Gasteiger partial charge < -0.3 is 0 Å². The summed E-state index contributed by atoms with van der Waals surface area (Å²) in [5, 5.41) is 0. The first-order valence-corrected chi connectivity index (χ1v) is 6.12. The van der Waals surface area contributed by atoms with Gasteiger partial charge >= 0.3 is 0 Å². The second-order valence-corrected chi connectivity index (χ2v) is 4.48. The third-order valence-electron chi connectivity index (χ3n) is 3.07. The van der Waals surface area contributed by atoms with E-state index in [1.807, 2.05) is 0 Å². The first-order chi connectivity index (χ1) is 10.3. The van der Waals surface area contributed by atoms with Gasteiger partial charge in [0.2, 0.25) is 5.82 Å². The first-order valence-electron chi connectivity index (χ1n) is 6.12. The zero-order valence-electron chi connectivity index (χ0n) is 10.9. The molecule has 2 aromatic carbocycles. The number of carbonyl (C=O) groups is 1. The monoisotopic (exact) mass is 318 g/mol. The number of hydrogen-bond donors (Lipinski definition) is 0. The first kappa shape index (κ1) is 16.1. The van der Waals surface area contributed by atoms with Crippen LogP contribution in [-0.2, 0) is 6.42 Å². The number of carbonyl (C=O) groups excluding carboxylic acids is 1. The van der Waals surface area contributed by atoms with E-state index in [2.05, 4.69) is 0 Å². The smallest absolute Gasteiger partial charge is 0.200 e. The van der Waals surface area contributed by atoms with Crippen LogP contribution in [0.25, 0.3) is 0 Å². The maximum absolute atomic E-state index is 13.4. The Hall–Kier alpha value is -2.31. The summed E-state index contributed by atoms with van der Waals surface area (Å²) >= 11 is 0. The lowest BCUT2D eigenvalue weighted by molar-refractivity contribution is 0.0982. The molecule has 1 nitrogen and oxygen atoms in total. The lowest BCUT2D eigenvalue weighted by atomic mass is 10.0. The number of halogens is 6. The van der Waals surface area contributed by atoms with Crippen molar-refractivity contribution in [1.29, 1.82) is 0 Å². The molecule has 0 radical (unpaired) electrons. The van der Waals surface area contributed by atoms with Crippen molar-refractivity contribution in [2.24, 2.45) is 0 Å². The number of Topliss-reactive ketones (excluding diaryl/α,β-unsaturated/α-hetero) is 1. The predicted octanol–water partition coefficient (Wildman–Crippen LogP) is 4.34. The zero-order valence-corrected chi connectivity index (χ0v) is 10.9. The normalized spacial score (nSPS) is 10.8. The Labute approximate surface area is 121 Å². The molecule has 7 heteroatoms. The summed E-state index contributed by atoms with van der Waals surface area (Å²) in [6.45, 7) is 0. The van der Waals surface area contributed by atoms with E-state index < -0.39 is 59.1 Å². The highest BCUT2D eigenvalue weighted by atomic mass is 19.2. The van der Waals surface area contributed by atoms with E-state index in [9.17, 15) is 31.1 Å². The molecule has 0 fully saturated rings. The van der Waals surface area contributed by atoms with Crippen molar-refractivity contribution in [3.63, 3.8) is 0 Å². The average Bonchev–Trinajstić information content (AvgIpc) is 2.51. The van der Waals surface area contributed by atoms with Crippen molar-refractivity contribution < 1.29 is 31.1 Å². The molecular formula is C15H8F6O. The molecule has 0 spiro atoms. The van der Waals surface area contributed by atoms with Crippen LogP contribution in [0.1, 0.15) is 22.3 Å². The van der Waals surface area contributed by atoms with Gasteiger partial charge in [0.15, 0.2) is 29.1 Å². The van der Waals surface area contributed by atoms with Crippen LogP contribution in [0.3, 0.4) is 0 Å². The summed E-state index contributed by atoms with van der Waals surface area (Å²) in [6.07, 6.45) is -1.15. The highest BCUT2D eigenvalue weighted by molar-refractivity contribution is 5.96. The number of benzene rings is 2. The van der Waals surface area contributed by atoms with Crippen molar-refractivity contribution in [3.05, 3.63) is 70.3 Å². The summed E-state index contributed by atoms with van der Waals surface area (Å²) in [6, 6.07) is 4.36. The van der Waals surface area contributed by atoms with Crippen molar-refractivity contribution in [2.75, 3.05) is 0 Å². The van der Waals surface area contributed by atoms with Crippen molar-refractivity contribution in [1.82, 2.24) is 0 Å². The molecule has 0 N–H and O–H groups in total. The fourth-order valence-electron chi connectivity index (χ4n) is 1.89. The number of hydrogen-bond acceptors (Lipinski definition) is 1.